The number of ether oxygens (including phenoxy) is 1. The fourth-order valence-electron chi connectivity index (χ4n) is 1.82. The number of methoxy groups -OCH3 is 1. The lowest BCUT2D eigenvalue weighted by Crippen LogP contribution is -2.21. The lowest BCUT2D eigenvalue weighted by molar-refractivity contribution is -0.123. The lowest BCUT2D eigenvalue weighted by Gasteiger charge is -2.08. The highest BCUT2D eigenvalue weighted by Crippen LogP contribution is 2.23. The van der Waals surface area contributed by atoms with Gasteiger partial charge in [0.05, 0.1) is 23.4 Å². The Balaban J connectivity index is 1.98. The molecular formula is C15H14ClN3O5. The summed E-state index contributed by atoms with van der Waals surface area (Å²) in [7, 11) is 1.24. The minimum absolute atomic E-state index is 0.203. The Morgan fingerprint density at radius 3 is 2.54 bits per heavy atom. The number of amides is 2. The number of benzene rings is 1. The van der Waals surface area contributed by atoms with Crippen molar-refractivity contribution in [2.24, 2.45) is 0 Å². The first-order valence-electron chi connectivity index (χ1n) is 6.80. The zero-order valence-corrected chi connectivity index (χ0v) is 13.6. The van der Waals surface area contributed by atoms with Gasteiger partial charge in [-0.2, -0.15) is 0 Å². The molecule has 1 aromatic heterocycles. The molecule has 2 rings (SSSR count). The third-order valence-corrected chi connectivity index (χ3v) is 3.21. The highest BCUT2D eigenvalue weighted by atomic mass is 35.5. The number of rotatable bonds is 5. The Hall–Kier alpha value is -2.87. The predicted molar refractivity (Wildman–Crippen MR) is 85.9 cm³/mol. The second-order valence-electron chi connectivity index (χ2n) is 4.78. The highest BCUT2D eigenvalue weighted by molar-refractivity contribution is 6.34. The number of carbonyl (C=O) groups is 3. The molecule has 9 heteroatoms. The molecule has 0 saturated heterocycles. The van der Waals surface area contributed by atoms with Crippen molar-refractivity contribution in [1.82, 2.24) is 5.16 Å². The number of aromatic nitrogens is 1. The van der Waals surface area contributed by atoms with Crippen molar-refractivity contribution in [1.29, 1.82) is 0 Å². The minimum Gasteiger partial charge on any atom is -0.465 e. The van der Waals surface area contributed by atoms with E-state index in [1.165, 1.54) is 31.4 Å². The predicted octanol–water partition coefficient (Wildman–Crippen LogP) is 2.39. The van der Waals surface area contributed by atoms with Gasteiger partial charge in [0.25, 0.3) is 0 Å². The number of nitrogens with one attached hydrogen (secondary N) is 2. The van der Waals surface area contributed by atoms with Crippen molar-refractivity contribution in [3.05, 3.63) is 40.6 Å². The van der Waals surface area contributed by atoms with Crippen LogP contribution in [-0.4, -0.2) is 30.1 Å². The van der Waals surface area contributed by atoms with E-state index < -0.39 is 24.2 Å². The number of esters is 1. The van der Waals surface area contributed by atoms with Crippen LogP contribution in [0.3, 0.4) is 0 Å². The summed E-state index contributed by atoms with van der Waals surface area (Å²) in [4.78, 5) is 35.2. The summed E-state index contributed by atoms with van der Waals surface area (Å²) in [5.74, 6) is -0.990. The zero-order valence-electron chi connectivity index (χ0n) is 12.9. The number of anilines is 2. The molecule has 0 unspecified atom stereocenters. The van der Waals surface area contributed by atoms with Gasteiger partial charge in [-0.15, -0.1) is 0 Å². The molecule has 0 fully saturated rings. The van der Waals surface area contributed by atoms with E-state index >= 15 is 0 Å². The molecule has 0 aliphatic heterocycles. The van der Waals surface area contributed by atoms with Crippen molar-refractivity contribution in [2.45, 2.75) is 13.3 Å². The molecule has 1 aromatic carbocycles. The first-order chi connectivity index (χ1) is 11.4. The van der Waals surface area contributed by atoms with Crippen molar-refractivity contribution >= 4 is 40.9 Å². The SMILES string of the molecule is COC(=O)c1ccc(Cl)c(NC(=O)CC(=O)Nc2cc(C)on2)c1. The molecule has 2 aromatic rings. The van der Waals surface area contributed by atoms with Crippen molar-refractivity contribution in [2.75, 3.05) is 17.7 Å². The van der Waals surface area contributed by atoms with Gasteiger partial charge in [0.15, 0.2) is 5.82 Å². The molecule has 0 radical (unpaired) electrons. The normalized spacial score (nSPS) is 10.1. The molecule has 0 spiro atoms. The fraction of sp³-hybridized carbons (Fsp3) is 0.200. The summed E-state index contributed by atoms with van der Waals surface area (Å²) >= 11 is 5.97. The lowest BCUT2D eigenvalue weighted by atomic mass is 10.2. The molecule has 2 amide bonds. The summed E-state index contributed by atoms with van der Waals surface area (Å²) in [6.07, 6.45) is -0.454. The Morgan fingerprint density at radius 1 is 1.21 bits per heavy atom. The number of nitrogens with zero attached hydrogens (tertiary/aromatic N) is 1. The molecule has 0 saturated carbocycles. The van der Waals surface area contributed by atoms with E-state index in [1.807, 2.05) is 0 Å². The average Bonchev–Trinajstić information content (AvgIpc) is 2.93. The average molecular weight is 352 g/mol. The second kappa shape index (κ2) is 7.60. The Kier molecular flexibility index (Phi) is 5.54. The Labute approximate surface area is 142 Å². The van der Waals surface area contributed by atoms with E-state index in [1.54, 1.807) is 6.92 Å². The largest absolute Gasteiger partial charge is 0.465 e. The number of carbonyl (C=O) groups excluding carboxylic acids is 3. The van der Waals surface area contributed by atoms with Crippen LogP contribution in [0.25, 0.3) is 0 Å². The summed E-state index contributed by atoms with van der Waals surface area (Å²) in [6.45, 7) is 1.67. The van der Waals surface area contributed by atoms with Gasteiger partial charge in [-0.25, -0.2) is 4.79 Å². The van der Waals surface area contributed by atoms with Gasteiger partial charge in [0.2, 0.25) is 11.8 Å². The standard InChI is InChI=1S/C15H14ClN3O5/c1-8-5-12(19-24-8)18-14(21)7-13(20)17-11-6-9(15(22)23-2)3-4-10(11)16/h3-6H,7H2,1-2H3,(H,17,20)(H,18,19,21). The maximum atomic E-state index is 11.9. The maximum absolute atomic E-state index is 11.9. The van der Waals surface area contributed by atoms with E-state index in [2.05, 4.69) is 20.5 Å². The quantitative estimate of drug-likeness (QED) is 0.632. The van der Waals surface area contributed by atoms with Gasteiger partial charge in [0.1, 0.15) is 12.2 Å². The smallest absolute Gasteiger partial charge is 0.337 e. The van der Waals surface area contributed by atoms with Gasteiger partial charge in [-0.05, 0) is 25.1 Å². The second-order valence-corrected chi connectivity index (χ2v) is 5.19. The van der Waals surface area contributed by atoms with E-state index in [-0.39, 0.29) is 22.1 Å². The number of hydrogen-bond donors (Lipinski definition) is 2. The van der Waals surface area contributed by atoms with Crippen molar-refractivity contribution in [3.8, 4) is 0 Å². The Bertz CT molecular complexity index is 787. The minimum atomic E-state index is -0.600. The molecule has 0 aliphatic rings. The summed E-state index contributed by atoms with van der Waals surface area (Å²) < 4.78 is 9.40. The molecule has 24 heavy (non-hydrogen) atoms. The summed E-state index contributed by atoms with van der Waals surface area (Å²) in [5.41, 5.74) is 0.425. The number of halogens is 1. The van der Waals surface area contributed by atoms with Crippen LogP contribution in [0.15, 0.2) is 28.8 Å². The number of hydrogen-bond acceptors (Lipinski definition) is 6. The molecule has 2 N–H and O–H groups in total. The van der Waals surface area contributed by atoms with Crippen LogP contribution in [0.1, 0.15) is 22.5 Å². The number of aryl methyl sites for hydroxylation is 1. The van der Waals surface area contributed by atoms with E-state index in [0.717, 1.165) is 0 Å². The maximum Gasteiger partial charge on any atom is 0.337 e. The van der Waals surface area contributed by atoms with Crippen LogP contribution >= 0.6 is 11.6 Å². The highest BCUT2D eigenvalue weighted by Gasteiger charge is 2.15. The van der Waals surface area contributed by atoms with E-state index in [0.29, 0.717) is 5.76 Å². The topological polar surface area (TPSA) is 111 Å². The van der Waals surface area contributed by atoms with Crippen LogP contribution in [0.5, 0.6) is 0 Å². The summed E-state index contributed by atoms with van der Waals surface area (Å²) in [6, 6.07) is 5.79. The molecule has 0 aliphatic carbocycles. The Morgan fingerprint density at radius 2 is 1.92 bits per heavy atom. The molecule has 126 valence electrons. The first-order valence-corrected chi connectivity index (χ1v) is 7.17. The molecule has 0 bridgehead atoms. The molecule has 1 heterocycles. The zero-order chi connectivity index (χ0) is 17.7. The van der Waals surface area contributed by atoms with Gasteiger partial charge >= 0.3 is 5.97 Å². The van der Waals surface area contributed by atoms with E-state index in [9.17, 15) is 14.4 Å². The third-order valence-electron chi connectivity index (χ3n) is 2.88. The van der Waals surface area contributed by atoms with Gasteiger partial charge in [-0.1, -0.05) is 16.8 Å². The summed E-state index contributed by atoms with van der Waals surface area (Å²) in [5, 5.41) is 8.71. The van der Waals surface area contributed by atoms with Crippen LogP contribution in [0.2, 0.25) is 5.02 Å². The van der Waals surface area contributed by atoms with Crippen molar-refractivity contribution < 1.29 is 23.6 Å². The van der Waals surface area contributed by atoms with Gasteiger partial charge in [-0.3, -0.25) is 9.59 Å². The fourth-order valence-corrected chi connectivity index (χ4v) is 1.98. The third kappa shape index (κ3) is 4.56. The first kappa shape index (κ1) is 17.5. The van der Waals surface area contributed by atoms with Crippen LogP contribution in [0.4, 0.5) is 11.5 Å². The van der Waals surface area contributed by atoms with E-state index in [4.69, 9.17) is 16.1 Å². The van der Waals surface area contributed by atoms with Crippen LogP contribution in [-0.2, 0) is 14.3 Å². The van der Waals surface area contributed by atoms with Crippen molar-refractivity contribution in [3.63, 3.8) is 0 Å². The van der Waals surface area contributed by atoms with Gasteiger partial charge < -0.3 is 19.9 Å². The monoisotopic (exact) mass is 351 g/mol. The molecule has 0 atom stereocenters. The van der Waals surface area contributed by atoms with Crippen LogP contribution < -0.4 is 10.6 Å². The van der Waals surface area contributed by atoms with Gasteiger partial charge in [0, 0.05) is 6.07 Å². The molecule has 8 nitrogen and oxygen atoms in total. The molecular weight excluding hydrogens is 338 g/mol. The van der Waals surface area contributed by atoms with Crippen LogP contribution in [0, 0.1) is 6.92 Å².